The summed E-state index contributed by atoms with van der Waals surface area (Å²) < 4.78 is 103. The Balaban J connectivity index is 1.97. The van der Waals surface area contributed by atoms with Gasteiger partial charge in [0.2, 0.25) is 10.9 Å². The number of nitrogens with zero attached hydrogens (tertiary/aromatic N) is 2. The smallest absolute Gasteiger partial charge is 0.426 e. The van der Waals surface area contributed by atoms with Gasteiger partial charge in [0.15, 0.2) is 0 Å². The lowest BCUT2D eigenvalue weighted by atomic mass is 9.97. The van der Waals surface area contributed by atoms with Crippen molar-refractivity contribution in [1.82, 2.24) is 4.90 Å². The molecule has 1 aromatic rings. The van der Waals surface area contributed by atoms with Gasteiger partial charge in [-0.25, -0.2) is 13.2 Å². The first-order valence-corrected chi connectivity index (χ1v) is 9.99. The van der Waals surface area contributed by atoms with E-state index < -0.39 is 35.4 Å². The van der Waals surface area contributed by atoms with Crippen LogP contribution in [0.2, 0.25) is 0 Å². The van der Waals surface area contributed by atoms with E-state index >= 15 is 0 Å². The van der Waals surface area contributed by atoms with E-state index in [1.54, 1.807) is 31.2 Å². The third-order valence-corrected chi connectivity index (χ3v) is 5.40. The molecule has 1 saturated heterocycles. The Hall–Kier alpha value is -2.18. The highest BCUT2D eigenvalue weighted by atomic mass is 32.2. The van der Waals surface area contributed by atoms with E-state index in [1.165, 1.54) is 0 Å². The number of anilines is 1. The molecule has 0 unspecified atom stereocenters. The Morgan fingerprint density at radius 1 is 1.17 bits per heavy atom. The molecule has 1 aliphatic rings. The number of hydrogen-bond donors (Lipinski definition) is 1. The minimum Gasteiger partial charge on any atom is -0.426 e. The predicted octanol–water partition coefficient (Wildman–Crippen LogP) is 3.67. The molecule has 0 bridgehead atoms. The Morgan fingerprint density at radius 3 is 2.20 bits per heavy atom. The predicted molar refractivity (Wildman–Crippen MR) is 95.5 cm³/mol. The molecular formula is C17H20F6N2O4S. The molecule has 0 radical (unpaired) electrons. The number of thiol groups is 1. The molecule has 1 fully saturated rings. The molecule has 1 amide bonds. The first-order chi connectivity index (χ1) is 13.8. The maximum Gasteiger partial charge on any atom is 0.434 e. The molecule has 170 valence electrons. The van der Waals surface area contributed by atoms with Crippen molar-refractivity contribution in [2.75, 3.05) is 23.9 Å². The summed E-state index contributed by atoms with van der Waals surface area (Å²) in [6, 6.07) is 6.76. The normalized spacial score (nSPS) is 16.2. The average molecular weight is 462 g/mol. The van der Waals surface area contributed by atoms with Crippen LogP contribution in [0.3, 0.4) is 0 Å². The van der Waals surface area contributed by atoms with Crippen molar-refractivity contribution >= 4 is 22.7 Å². The van der Waals surface area contributed by atoms with Gasteiger partial charge in [0.1, 0.15) is 0 Å². The van der Waals surface area contributed by atoms with E-state index in [1.807, 2.05) is 0 Å². The van der Waals surface area contributed by atoms with E-state index in [-0.39, 0.29) is 38.4 Å². The summed E-state index contributed by atoms with van der Waals surface area (Å²) in [5.74, 6) is -0.233. The van der Waals surface area contributed by atoms with Gasteiger partial charge in [-0.15, -0.1) is 0 Å². The van der Waals surface area contributed by atoms with Crippen LogP contribution in [0, 0.1) is 12.8 Å². The number of benzene rings is 1. The summed E-state index contributed by atoms with van der Waals surface area (Å²) in [6.07, 6.45) is -17.1. The molecular weight excluding hydrogens is 442 g/mol. The van der Waals surface area contributed by atoms with Crippen LogP contribution >= 0.6 is 0 Å². The molecule has 13 heteroatoms. The monoisotopic (exact) mass is 462 g/mol. The van der Waals surface area contributed by atoms with Crippen molar-refractivity contribution in [3.8, 4) is 0 Å². The largest absolute Gasteiger partial charge is 0.434 e. The molecule has 0 spiro atoms. The molecule has 1 aliphatic heterocycles. The van der Waals surface area contributed by atoms with Crippen molar-refractivity contribution in [3.63, 3.8) is 0 Å². The molecule has 30 heavy (non-hydrogen) atoms. The van der Waals surface area contributed by atoms with Gasteiger partial charge in [-0.3, -0.25) is 4.31 Å². The lowest BCUT2D eigenvalue weighted by Gasteiger charge is -2.34. The number of rotatable bonds is 5. The Labute approximate surface area is 170 Å². The maximum absolute atomic E-state index is 12.5. The third kappa shape index (κ3) is 6.41. The second-order valence-corrected chi connectivity index (χ2v) is 7.89. The van der Waals surface area contributed by atoms with E-state index in [4.69, 9.17) is 0 Å². The van der Waals surface area contributed by atoms with Crippen molar-refractivity contribution in [2.24, 2.45) is 5.92 Å². The maximum atomic E-state index is 12.5. The van der Waals surface area contributed by atoms with Crippen LogP contribution in [0.5, 0.6) is 0 Å². The standard InChI is InChI=1S/C17H20F6N2O4S/c1-11-3-2-4-13(9-11)25(30(27)28)10-12-5-7-24(8-6-12)15(26)29-14(16(18,19)20)17(21,22)23/h2-4,9,12,14,30H,5-8,10H2,1H3. The van der Waals surface area contributed by atoms with E-state index in [0.29, 0.717) is 5.69 Å². The molecule has 2 rings (SSSR count). The fourth-order valence-electron chi connectivity index (χ4n) is 3.09. The molecule has 0 atom stereocenters. The molecule has 0 aliphatic carbocycles. The number of piperidine rings is 1. The van der Waals surface area contributed by atoms with Crippen molar-refractivity contribution in [2.45, 2.75) is 38.2 Å². The topological polar surface area (TPSA) is 66.9 Å². The van der Waals surface area contributed by atoms with Gasteiger partial charge in [-0.1, -0.05) is 12.1 Å². The number of alkyl halides is 6. The Kier molecular flexibility index (Phi) is 7.48. The minimum atomic E-state index is -5.78. The third-order valence-electron chi connectivity index (χ3n) is 4.61. The number of likely N-dealkylation sites (tertiary alicyclic amines) is 1. The number of aryl methyl sites for hydroxylation is 1. The zero-order chi connectivity index (χ0) is 22.7. The van der Waals surface area contributed by atoms with E-state index in [9.17, 15) is 39.6 Å². The lowest BCUT2D eigenvalue weighted by molar-refractivity contribution is -0.308. The van der Waals surface area contributed by atoms with Crippen LogP contribution in [0.15, 0.2) is 24.3 Å². The van der Waals surface area contributed by atoms with Gasteiger partial charge in [0.25, 0.3) is 6.10 Å². The van der Waals surface area contributed by atoms with Gasteiger partial charge < -0.3 is 9.64 Å². The van der Waals surface area contributed by atoms with Crippen LogP contribution in [0.25, 0.3) is 0 Å². The van der Waals surface area contributed by atoms with Gasteiger partial charge in [0, 0.05) is 19.6 Å². The van der Waals surface area contributed by atoms with Crippen LogP contribution in [-0.4, -0.2) is 57.5 Å². The number of halogens is 6. The summed E-state index contributed by atoms with van der Waals surface area (Å²) >= 11 is 0. The highest BCUT2D eigenvalue weighted by molar-refractivity contribution is 7.74. The fraction of sp³-hybridized carbons (Fsp3) is 0.588. The van der Waals surface area contributed by atoms with Gasteiger partial charge in [0.05, 0.1) is 5.69 Å². The van der Waals surface area contributed by atoms with Crippen LogP contribution in [0.1, 0.15) is 18.4 Å². The van der Waals surface area contributed by atoms with Crippen LogP contribution in [0.4, 0.5) is 36.8 Å². The summed E-state index contributed by atoms with van der Waals surface area (Å²) in [7, 11) is -2.96. The SMILES string of the molecule is Cc1cccc(N(CC2CCN(C(=O)OC(C(F)(F)F)C(F)(F)F)CC2)[SH](=O)=O)c1. The van der Waals surface area contributed by atoms with Crippen molar-refractivity contribution in [3.05, 3.63) is 29.8 Å². The molecule has 0 saturated carbocycles. The minimum absolute atomic E-state index is 0.0821. The fourth-order valence-corrected chi connectivity index (χ4v) is 3.77. The summed E-state index contributed by atoms with van der Waals surface area (Å²) in [5.41, 5.74) is 1.29. The second kappa shape index (κ2) is 9.31. The lowest BCUT2D eigenvalue weighted by Crippen LogP contribution is -2.49. The van der Waals surface area contributed by atoms with Crippen molar-refractivity contribution < 1.29 is 44.3 Å². The first kappa shape index (κ1) is 24.1. The van der Waals surface area contributed by atoms with Gasteiger partial charge >= 0.3 is 18.4 Å². The van der Waals surface area contributed by atoms with Crippen LogP contribution in [-0.2, 0) is 15.6 Å². The molecule has 1 aromatic carbocycles. The average Bonchev–Trinajstić information content (AvgIpc) is 2.62. The van der Waals surface area contributed by atoms with E-state index in [2.05, 4.69) is 4.74 Å². The summed E-state index contributed by atoms with van der Waals surface area (Å²) in [5, 5.41) is 0. The zero-order valence-electron chi connectivity index (χ0n) is 15.7. The molecule has 0 aromatic heterocycles. The highest BCUT2D eigenvalue weighted by Crippen LogP contribution is 2.36. The number of hydrogen-bond acceptors (Lipinski definition) is 4. The van der Waals surface area contributed by atoms with Gasteiger partial charge in [-0.2, -0.15) is 26.3 Å². The quantitative estimate of drug-likeness (QED) is 0.536. The zero-order valence-corrected chi connectivity index (χ0v) is 16.6. The summed E-state index contributed by atoms with van der Waals surface area (Å²) in [4.78, 5) is 12.6. The Morgan fingerprint density at radius 2 is 1.73 bits per heavy atom. The first-order valence-electron chi connectivity index (χ1n) is 8.86. The molecule has 1 heterocycles. The molecule has 6 nitrogen and oxygen atoms in total. The highest BCUT2D eigenvalue weighted by Gasteiger charge is 2.60. The van der Waals surface area contributed by atoms with Crippen molar-refractivity contribution in [1.29, 1.82) is 0 Å². The number of amides is 1. The Bertz CT molecular complexity index is 797. The number of carbonyl (C=O) groups excluding carboxylic acids is 1. The van der Waals surface area contributed by atoms with E-state index in [0.717, 1.165) is 14.8 Å². The number of ether oxygens (including phenoxy) is 1. The second-order valence-electron chi connectivity index (χ2n) is 6.94. The van der Waals surface area contributed by atoms with Gasteiger partial charge in [-0.05, 0) is 43.4 Å². The summed E-state index contributed by atoms with van der Waals surface area (Å²) in [6.45, 7) is 1.57. The van der Waals surface area contributed by atoms with Crippen LogP contribution < -0.4 is 4.31 Å². The number of carbonyl (C=O) groups is 1. The molecule has 0 N–H and O–H groups in total.